The summed E-state index contributed by atoms with van der Waals surface area (Å²) < 4.78 is 18.3. The Morgan fingerprint density at radius 1 is 1.47 bits per heavy atom. The van der Waals surface area contributed by atoms with Crippen molar-refractivity contribution in [3.63, 3.8) is 0 Å². The lowest BCUT2D eigenvalue weighted by molar-refractivity contribution is 0.0558. The average molecular weight is 212 g/mol. The van der Waals surface area contributed by atoms with E-state index in [9.17, 15) is 9.50 Å². The van der Waals surface area contributed by atoms with Crippen LogP contribution in [0.15, 0.2) is 18.2 Å². The van der Waals surface area contributed by atoms with Crippen LogP contribution in [0.5, 0.6) is 0 Å². The molecule has 0 aromatic heterocycles. The normalized spacial score (nSPS) is 15.0. The van der Waals surface area contributed by atoms with Gasteiger partial charge in [0.25, 0.3) is 0 Å². The molecule has 1 N–H and O–H groups in total. The van der Waals surface area contributed by atoms with E-state index in [0.717, 1.165) is 0 Å². The Bertz CT molecular complexity index is 325. The van der Waals surface area contributed by atoms with Gasteiger partial charge in [0.2, 0.25) is 0 Å². The number of aliphatic hydroxyl groups is 1. The summed E-state index contributed by atoms with van der Waals surface area (Å²) in [5.74, 6) is -0.281. The third-order valence-electron chi connectivity index (χ3n) is 2.54. The third-order valence-corrected chi connectivity index (χ3v) is 2.54. The quantitative estimate of drug-likeness (QED) is 0.831. The van der Waals surface area contributed by atoms with Gasteiger partial charge in [0.05, 0.1) is 12.2 Å². The highest BCUT2D eigenvalue weighted by Gasteiger charge is 2.13. The fourth-order valence-electron chi connectivity index (χ4n) is 1.36. The van der Waals surface area contributed by atoms with Gasteiger partial charge in [-0.25, -0.2) is 4.39 Å². The van der Waals surface area contributed by atoms with E-state index in [4.69, 9.17) is 4.74 Å². The predicted molar refractivity (Wildman–Crippen MR) is 57.2 cm³/mol. The summed E-state index contributed by atoms with van der Waals surface area (Å²) in [6.07, 6.45) is -0.238. The molecule has 0 spiro atoms. The second kappa shape index (κ2) is 5.24. The first-order valence-corrected chi connectivity index (χ1v) is 5.01. The molecular formula is C12H17FO2. The van der Waals surface area contributed by atoms with Crippen molar-refractivity contribution in [1.29, 1.82) is 0 Å². The first kappa shape index (κ1) is 12.1. The van der Waals surface area contributed by atoms with Crippen LogP contribution in [0.1, 0.15) is 30.6 Å². The van der Waals surface area contributed by atoms with E-state index < -0.39 is 6.10 Å². The molecule has 0 saturated carbocycles. The van der Waals surface area contributed by atoms with Crippen molar-refractivity contribution in [3.8, 4) is 0 Å². The number of aryl methyl sites for hydroxylation is 1. The van der Waals surface area contributed by atoms with E-state index in [1.807, 2.05) is 6.92 Å². The minimum absolute atomic E-state index is 0.0376. The van der Waals surface area contributed by atoms with E-state index >= 15 is 0 Å². The smallest absolute Gasteiger partial charge is 0.126 e. The molecule has 84 valence electrons. The maximum Gasteiger partial charge on any atom is 0.126 e. The van der Waals surface area contributed by atoms with Gasteiger partial charge >= 0.3 is 0 Å². The van der Waals surface area contributed by atoms with E-state index in [2.05, 4.69) is 0 Å². The van der Waals surface area contributed by atoms with Crippen molar-refractivity contribution in [2.24, 2.45) is 0 Å². The average Bonchev–Trinajstić information content (AvgIpc) is 2.21. The van der Waals surface area contributed by atoms with Crippen molar-refractivity contribution in [3.05, 3.63) is 35.1 Å². The van der Waals surface area contributed by atoms with Gasteiger partial charge in [-0.2, -0.15) is 0 Å². The van der Waals surface area contributed by atoms with Gasteiger partial charge in [0, 0.05) is 13.5 Å². The summed E-state index contributed by atoms with van der Waals surface area (Å²) in [4.78, 5) is 0. The molecule has 0 aliphatic rings. The molecule has 2 atom stereocenters. The maximum absolute atomic E-state index is 13.2. The lowest BCUT2D eigenvalue weighted by atomic mass is 10.0. The van der Waals surface area contributed by atoms with E-state index in [1.165, 1.54) is 6.07 Å². The number of ether oxygens (including phenoxy) is 1. The second-order valence-electron chi connectivity index (χ2n) is 3.81. The summed E-state index contributed by atoms with van der Waals surface area (Å²) >= 11 is 0. The molecule has 0 saturated heterocycles. The molecule has 1 rings (SSSR count). The molecule has 0 fully saturated rings. The maximum atomic E-state index is 13.2. The summed E-state index contributed by atoms with van der Waals surface area (Å²) in [6, 6.07) is 4.79. The monoisotopic (exact) mass is 212 g/mol. The zero-order valence-electron chi connectivity index (χ0n) is 9.33. The number of methoxy groups -OCH3 is 1. The molecule has 1 aromatic rings. The number of aliphatic hydroxyl groups excluding tert-OH is 1. The molecule has 0 aliphatic heterocycles. The zero-order chi connectivity index (χ0) is 11.4. The first-order chi connectivity index (χ1) is 7.04. The highest BCUT2D eigenvalue weighted by molar-refractivity contribution is 5.24. The van der Waals surface area contributed by atoms with E-state index in [1.54, 1.807) is 26.2 Å². The lowest BCUT2D eigenvalue weighted by Crippen LogP contribution is -2.11. The van der Waals surface area contributed by atoms with Crippen LogP contribution in [0.3, 0.4) is 0 Å². The Kier molecular flexibility index (Phi) is 4.24. The van der Waals surface area contributed by atoms with Crippen LogP contribution in [0.4, 0.5) is 4.39 Å². The van der Waals surface area contributed by atoms with Gasteiger partial charge in [0.15, 0.2) is 0 Å². The Morgan fingerprint density at radius 2 is 2.13 bits per heavy atom. The van der Waals surface area contributed by atoms with Crippen LogP contribution in [0, 0.1) is 12.7 Å². The van der Waals surface area contributed by atoms with Crippen LogP contribution in [0.2, 0.25) is 0 Å². The van der Waals surface area contributed by atoms with Crippen LogP contribution in [0.25, 0.3) is 0 Å². The summed E-state index contributed by atoms with van der Waals surface area (Å²) in [6.45, 7) is 3.57. The van der Waals surface area contributed by atoms with Gasteiger partial charge in [-0.3, -0.25) is 0 Å². The molecule has 0 heterocycles. The van der Waals surface area contributed by atoms with Crippen molar-refractivity contribution in [1.82, 2.24) is 0 Å². The fourth-order valence-corrected chi connectivity index (χ4v) is 1.36. The lowest BCUT2D eigenvalue weighted by Gasteiger charge is -2.15. The standard InChI is InChI=1S/C12H17FO2/c1-8-4-5-10(7-11(8)13)12(14)6-9(2)15-3/h4-5,7,9,12,14H,6H2,1-3H3. The fraction of sp³-hybridized carbons (Fsp3) is 0.500. The van der Waals surface area contributed by atoms with E-state index in [0.29, 0.717) is 17.5 Å². The van der Waals surface area contributed by atoms with Crippen molar-refractivity contribution < 1.29 is 14.2 Å². The Hall–Kier alpha value is -0.930. The molecule has 2 nitrogen and oxygen atoms in total. The third kappa shape index (κ3) is 3.29. The minimum Gasteiger partial charge on any atom is -0.388 e. The summed E-state index contributed by atoms with van der Waals surface area (Å²) in [5.41, 5.74) is 1.19. The topological polar surface area (TPSA) is 29.5 Å². The minimum atomic E-state index is -0.671. The summed E-state index contributed by atoms with van der Waals surface area (Å²) in [5, 5.41) is 9.79. The first-order valence-electron chi connectivity index (χ1n) is 5.01. The zero-order valence-corrected chi connectivity index (χ0v) is 9.33. The Balaban J connectivity index is 2.73. The van der Waals surface area contributed by atoms with Crippen molar-refractivity contribution >= 4 is 0 Å². The van der Waals surface area contributed by atoms with Crippen LogP contribution < -0.4 is 0 Å². The molecule has 15 heavy (non-hydrogen) atoms. The van der Waals surface area contributed by atoms with Gasteiger partial charge in [0.1, 0.15) is 5.82 Å². The predicted octanol–water partition coefficient (Wildman–Crippen LogP) is 2.59. The van der Waals surface area contributed by atoms with Crippen LogP contribution >= 0.6 is 0 Å². The van der Waals surface area contributed by atoms with Crippen molar-refractivity contribution in [2.75, 3.05) is 7.11 Å². The Morgan fingerprint density at radius 3 is 2.67 bits per heavy atom. The molecular weight excluding hydrogens is 195 g/mol. The van der Waals surface area contributed by atoms with Gasteiger partial charge in [-0.1, -0.05) is 12.1 Å². The molecule has 0 amide bonds. The van der Waals surface area contributed by atoms with Crippen LogP contribution in [-0.2, 0) is 4.74 Å². The highest BCUT2D eigenvalue weighted by atomic mass is 19.1. The number of hydrogen-bond acceptors (Lipinski definition) is 2. The Labute approximate surface area is 89.7 Å². The molecule has 3 heteroatoms. The molecule has 1 aromatic carbocycles. The van der Waals surface area contributed by atoms with Gasteiger partial charge < -0.3 is 9.84 Å². The number of halogens is 1. The molecule has 0 radical (unpaired) electrons. The molecule has 0 bridgehead atoms. The second-order valence-corrected chi connectivity index (χ2v) is 3.81. The van der Waals surface area contributed by atoms with Gasteiger partial charge in [-0.15, -0.1) is 0 Å². The molecule has 2 unspecified atom stereocenters. The summed E-state index contributed by atoms with van der Waals surface area (Å²) in [7, 11) is 1.59. The number of benzene rings is 1. The number of rotatable bonds is 4. The van der Waals surface area contributed by atoms with Crippen molar-refractivity contribution in [2.45, 2.75) is 32.5 Å². The number of hydrogen-bond donors (Lipinski definition) is 1. The van der Waals surface area contributed by atoms with E-state index in [-0.39, 0.29) is 11.9 Å². The van der Waals surface area contributed by atoms with Gasteiger partial charge in [-0.05, 0) is 31.0 Å². The largest absolute Gasteiger partial charge is 0.388 e. The highest BCUT2D eigenvalue weighted by Crippen LogP contribution is 2.21. The van der Waals surface area contributed by atoms with Crippen LogP contribution in [-0.4, -0.2) is 18.3 Å². The molecule has 0 aliphatic carbocycles. The SMILES string of the molecule is COC(C)CC(O)c1ccc(C)c(F)c1.